The Balaban J connectivity index is 2.68. The maximum atomic E-state index is 5.96. The van der Waals surface area contributed by atoms with E-state index in [1.54, 1.807) is 0 Å². The first-order valence-corrected chi connectivity index (χ1v) is 8.64. The van der Waals surface area contributed by atoms with E-state index >= 15 is 0 Å². The molecule has 1 N–H and O–H groups in total. The van der Waals surface area contributed by atoms with Crippen LogP contribution in [0.4, 0.5) is 0 Å². The first kappa shape index (κ1) is 13.2. The first-order valence-electron chi connectivity index (χ1n) is 6.44. The van der Waals surface area contributed by atoms with Crippen molar-refractivity contribution < 1.29 is 4.43 Å². The molecule has 0 aromatic heterocycles. The van der Waals surface area contributed by atoms with Crippen LogP contribution in [-0.2, 0) is 4.43 Å². The Kier molecular flexibility index (Phi) is 5.30. The van der Waals surface area contributed by atoms with E-state index in [-0.39, 0.29) is 0 Å². The molecule has 1 rings (SSSR count). The fraction of sp³-hybridized carbons (Fsp3) is 1.00. The largest absolute Gasteiger partial charge is 0.406 e. The molecule has 0 aromatic rings. The van der Waals surface area contributed by atoms with Gasteiger partial charge >= 0.3 is 0 Å². The van der Waals surface area contributed by atoms with Crippen molar-refractivity contribution in [2.45, 2.75) is 58.0 Å². The molecule has 2 unspecified atom stereocenters. The van der Waals surface area contributed by atoms with Crippen LogP contribution in [0.2, 0.25) is 11.6 Å². The molecule has 1 heterocycles. The average molecular weight is 229 g/mol. The molecule has 2 atom stereocenters. The Morgan fingerprint density at radius 3 is 2.67 bits per heavy atom. The van der Waals surface area contributed by atoms with Crippen LogP contribution in [0.25, 0.3) is 0 Å². The lowest BCUT2D eigenvalue weighted by Crippen LogP contribution is -2.57. The van der Waals surface area contributed by atoms with Crippen molar-refractivity contribution in [2.24, 2.45) is 5.92 Å². The van der Waals surface area contributed by atoms with Gasteiger partial charge in [0, 0.05) is 7.11 Å². The number of nitrogens with one attached hydrogen (secondary N) is 1. The van der Waals surface area contributed by atoms with Gasteiger partial charge in [0.15, 0.2) is 0 Å². The molecule has 1 aliphatic heterocycles. The third kappa shape index (κ3) is 3.30. The SMILES string of the molecule is CCN[Si]1(OC)CCCCC1CC(C)C. The Morgan fingerprint density at radius 1 is 1.40 bits per heavy atom. The highest BCUT2D eigenvalue weighted by Crippen LogP contribution is 2.40. The second-order valence-corrected chi connectivity index (χ2v) is 9.05. The number of hydrogen-bond acceptors (Lipinski definition) is 2. The van der Waals surface area contributed by atoms with Gasteiger partial charge in [0.25, 0.3) is 8.48 Å². The van der Waals surface area contributed by atoms with Crippen molar-refractivity contribution in [1.29, 1.82) is 0 Å². The van der Waals surface area contributed by atoms with Crippen LogP contribution in [0, 0.1) is 5.92 Å². The average Bonchev–Trinajstić information content (AvgIpc) is 2.21. The minimum atomic E-state index is -1.60. The second-order valence-electron chi connectivity index (χ2n) is 5.20. The molecule has 90 valence electrons. The van der Waals surface area contributed by atoms with E-state index in [0.717, 1.165) is 18.0 Å². The fourth-order valence-electron chi connectivity index (χ4n) is 2.97. The molecule has 0 spiro atoms. The molecule has 1 saturated heterocycles. The lowest BCUT2D eigenvalue weighted by molar-refractivity contribution is 0.326. The highest BCUT2D eigenvalue weighted by atomic mass is 28.4. The summed E-state index contributed by atoms with van der Waals surface area (Å²) in [6.45, 7) is 7.92. The van der Waals surface area contributed by atoms with E-state index in [0.29, 0.717) is 0 Å². The molecule has 0 aromatic carbocycles. The lowest BCUT2D eigenvalue weighted by Gasteiger charge is -2.41. The molecule has 0 amide bonds. The van der Waals surface area contributed by atoms with Crippen LogP contribution in [0.3, 0.4) is 0 Å². The predicted molar refractivity (Wildman–Crippen MR) is 68.3 cm³/mol. The summed E-state index contributed by atoms with van der Waals surface area (Å²) in [5.41, 5.74) is 0.830. The Labute approximate surface area is 96.0 Å². The molecule has 1 aliphatic rings. The van der Waals surface area contributed by atoms with E-state index in [1.807, 2.05) is 7.11 Å². The Hall–Kier alpha value is 0.137. The summed E-state index contributed by atoms with van der Waals surface area (Å²) in [5, 5.41) is 0. The van der Waals surface area contributed by atoms with Crippen molar-refractivity contribution in [3.63, 3.8) is 0 Å². The molecule has 1 fully saturated rings. The van der Waals surface area contributed by atoms with Crippen LogP contribution in [0.15, 0.2) is 0 Å². The summed E-state index contributed by atoms with van der Waals surface area (Å²) in [7, 11) is 0.325. The molecular formula is C12H27NOSi. The minimum Gasteiger partial charge on any atom is -0.406 e. The maximum absolute atomic E-state index is 5.96. The second kappa shape index (κ2) is 6.02. The summed E-state index contributed by atoms with van der Waals surface area (Å²) in [4.78, 5) is 3.72. The third-order valence-corrected chi connectivity index (χ3v) is 8.23. The molecular weight excluding hydrogens is 202 g/mol. The van der Waals surface area contributed by atoms with Crippen molar-refractivity contribution in [1.82, 2.24) is 4.98 Å². The van der Waals surface area contributed by atoms with Crippen LogP contribution in [0.5, 0.6) is 0 Å². The third-order valence-electron chi connectivity index (χ3n) is 3.61. The maximum Gasteiger partial charge on any atom is 0.271 e. The van der Waals surface area contributed by atoms with Gasteiger partial charge in [-0.2, -0.15) is 0 Å². The number of hydrogen-bond donors (Lipinski definition) is 1. The van der Waals surface area contributed by atoms with Crippen molar-refractivity contribution in [3.05, 3.63) is 0 Å². The van der Waals surface area contributed by atoms with Gasteiger partial charge in [0.2, 0.25) is 0 Å². The fourth-order valence-corrected chi connectivity index (χ4v) is 7.42. The lowest BCUT2D eigenvalue weighted by atomic mass is 10.0. The zero-order valence-corrected chi connectivity index (χ0v) is 11.8. The normalized spacial score (nSPS) is 32.2. The van der Waals surface area contributed by atoms with Crippen molar-refractivity contribution in [3.8, 4) is 0 Å². The van der Waals surface area contributed by atoms with Gasteiger partial charge < -0.3 is 9.41 Å². The molecule has 3 heteroatoms. The molecule has 0 aliphatic carbocycles. The summed E-state index contributed by atoms with van der Waals surface area (Å²) in [5.74, 6) is 0.800. The van der Waals surface area contributed by atoms with Gasteiger partial charge in [0.05, 0.1) is 0 Å². The monoisotopic (exact) mass is 229 g/mol. The minimum absolute atomic E-state index is 0.800. The quantitative estimate of drug-likeness (QED) is 0.731. The molecule has 2 nitrogen and oxygen atoms in total. The van der Waals surface area contributed by atoms with E-state index < -0.39 is 8.48 Å². The zero-order chi connectivity index (χ0) is 11.3. The van der Waals surface area contributed by atoms with Gasteiger partial charge in [-0.25, -0.2) is 0 Å². The molecule has 0 radical (unpaired) electrons. The van der Waals surface area contributed by atoms with Gasteiger partial charge in [-0.3, -0.25) is 0 Å². The molecule has 0 saturated carbocycles. The van der Waals surface area contributed by atoms with Gasteiger partial charge in [-0.1, -0.05) is 33.6 Å². The molecule has 0 bridgehead atoms. The standard InChI is InChI=1S/C12H27NOSi/c1-5-13-15(14-4)9-7-6-8-12(15)10-11(2)3/h11-13H,5-10H2,1-4H3. The Morgan fingerprint density at radius 2 is 2.13 bits per heavy atom. The molecule has 15 heavy (non-hydrogen) atoms. The van der Waals surface area contributed by atoms with Crippen LogP contribution in [0.1, 0.15) is 46.5 Å². The van der Waals surface area contributed by atoms with Gasteiger partial charge in [0.1, 0.15) is 0 Å². The Bertz CT molecular complexity index is 182. The highest BCUT2D eigenvalue weighted by molar-refractivity contribution is 6.73. The van der Waals surface area contributed by atoms with E-state index in [2.05, 4.69) is 25.8 Å². The summed E-state index contributed by atoms with van der Waals surface area (Å²) in [6, 6.07) is 1.31. The zero-order valence-electron chi connectivity index (χ0n) is 10.8. The van der Waals surface area contributed by atoms with Gasteiger partial charge in [-0.05, 0) is 36.9 Å². The van der Waals surface area contributed by atoms with Crippen LogP contribution in [-0.4, -0.2) is 22.1 Å². The van der Waals surface area contributed by atoms with E-state index in [9.17, 15) is 0 Å². The summed E-state index contributed by atoms with van der Waals surface area (Å²) >= 11 is 0. The van der Waals surface area contributed by atoms with Crippen molar-refractivity contribution in [2.75, 3.05) is 13.7 Å². The smallest absolute Gasteiger partial charge is 0.271 e. The van der Waals surface area contributed by atoms with E-state index in [1.165, 1.54) is 31.7 Å². The number of rotatable bonds is 5. The van der Waals surface area contributed by atoms with Crippen LogP contribution >= 0.6 is 0 Å². The van der Waals surface area contributed by atoms with Crippen molar-refractivity contribution >= 4 is 8.48 Å². The summed E-state index contributed by atoms with van der Waals surface area (Å²) < 4.78 is 5.96. The topological polar surface area (TPSA) is 21.3 Å². The summed E-state index contributed by atoms with van der Waals surface area (Å²) in [6.07, 6.45) is 5.49. The highest BCUT2D eigenvalue weighted by Gasteiger charge is 2.44. The van der Waals surface area contributed by atoms with E-state index in [4.69, 9.17) is 4.43 Å². The first-order chi connectivity index (χ1) is 7.14. The van der Waals surface area contributed by atoms with Gasteiger partial charge in [-0.15, -0.1) is 0 Å². The van der Waals surface area contributed by atoms with Crippen LogP contribution < -0.4 is 4.98 Å². The predicted octanol–water partition coefficient (Wildman–Crippen LogP) is 3.28.